The zero-order valence-corrected chi connectivity index (χ0v) is 8.36. The topological polar surface area (TPSA) is 115 Å². The number of aromatic nitrogens is 2. The van der Waals surface area contributed by atoms with E-state index >= 15 is 0 Å². The second kappa shape index (κ2) is 3.65. The second-order valence-corrected chi connectivity index (χ2v) is 3.41. The molecule has 2 rings (SSSR count). The van der Waals surface area contributed by atoms with Crippen LogP contribution < -0.4 is 11.5 Å². The minimum atomic E-state index is -0.638. The summed E-state index contributed by atoms with van der Waals surface area (Å²) in [7, 11) is 0. The molecule has 0 bridgehead atoms. The van der Waals surface area contributed by atoms with Crippen LogP contribution in [0.15, 0.2) is 18.2 Å². The highest BCUT2D eigenvalue weighted by molar-refractivity contribution is 5.94. The Labute approximate surface area is 90.6 Å². The number of nitrogens with zero attached hydrogens (tertiary/aromatic N) is 1. The van der Waals surface area contributed by atoms with Crippen LogP contribution in [0.1, 0.15) is 16.2 Å². The summed E-state index contributed by atoms with van der Waals surface area (Å²) >= 11 is 0. The standard InChI is InChI=1S/C10H10N4O2/c11-7(15)4-5-2-1-3-6-8(5)14-10(13-6)9(12)16/h1-3H,4H2,(H2,11,15)(H2,12,16)(H,13,14). The van der Waals surface area contributed by atoms with Gasteiger partial charge in [0.2, 0.25) is 5.91 Å². The lowest BCUT2D eigenvalue weighted by atomic mass is 10.1. The zero-order chi connectivity index (χ0) is 11.7. The normalized spacial score (nSPS) is 10.5. The molecule has 0 spiro atoms. The summed E-state index contributed by atoms with van der Waals surface area (Å²) in [6.07, 6.45) is 0.0837. The molecule has 6 heteroatoms. The monoisotopic (exact) mass is 218 g/mol. The number of H-pyrrole nitrogens is 1. The molecule has 2 amide bonds. The van der Waals surface area contributed by atoms with Gasteiger partial charge < -0.3 is 16.5 Å². The van der Waals surface area contributed by atoms with Crippen molar-refractivity contribution in [2.24, 2.45) is 11.5 Å². The molecule has 2 aromatic rings. The molecule has 0 saturated heterocycles. The average Bonchev–Trinajstić information content (AvgIpc) is 2.61. The summed E-state index contributed by atoms with van der Waals surface area (Å²) in [5.74, 6) is -1.01. The number of aromatic amines is 1. The van der Waals surface area contributed by atoms with Gasteiger partial charge in [-0.05, 0) is 11.6 Å². The number of hydrogen-bond acceptors (Lipinski definition) is 3. The van der Waals surface area contributed by atoms with E-state index in [0.717, 1.165) is 0 Å². The molecule has 0 saturated carbocycles. The Balaban J connectivity index is 2.58. The van der Waals surface area contributed by atoms with Crippen molar-refractivity contribution in [1.82, 2.24) is 9.97 Å². The predicted molar refractivity (Wildman–Crippen MR) is 57.5 cm³/mol. The SMILES string of the molecule is NC(=O)Cc1cccc2[nH]c(C(N)=O)nc12. The number of benzene rings is 1. The summed E-state index contributed by atoms with van der Waals surface area (Å²) in [6, 6.07) is 5.24. The third-order valence-electron chi connectivity index (χ3n) is 2.19. The van der Waals surface area contributed by atoms with Crippen LogP contribution in [0.25, 0.3) is 11.0 Å². The summed E-state index contributed by atoms with van der Waals surface area (Å²) in [5, 5.41) is 0. The van der Waals surface area contributed by atoms with Crippen LogP contribution in [0, 0.1) is 0 Å². The fourth-order valence-corrected chi connectivity index (χ4v) is 1.54. The molecule has 1 aromatic heterocycles. The number of carbonyl (C=O) groups excluding carboxylic acids is 2. The van der Waals surface area contributed by atoms with Crippen molar-refractivity contribution in [2.45, 2.75) is 6.42 Å². The maximum Gasteiger partial charge on any atom is 0.284 e. The van der Waals surface area contributed by atoms with E-state index in [-0.39, 0.29) is 12.2 Å². The van der Waals surface area contributed by atoms with Crippen LogP contribution in [-0.2, 0) is 11.2 Å². The zero-order valence-electron chi connectivity index (χ0n) is 8.36. The van der Waals surface area contributed by atoms with Crippen molar-refractivity contribution in [1.29, 1.82) is 0 Å². The first-order chi connectivity index (χ1) is 7.58. The minimum absolute atomic E-state index is 0.0759. The summed E-state index contributed by atoms with van der Waals surface area (Å²) in [5.41, 5.74) is 12.1. The number of carbonyl (C=O) groups is 2. The first-order valence-electron chi connectivity index (χ1n) is 4.63. The molecular weight excluding hydrogens is 208 g/mol. The van der Waals surface area contributed by atoms with Crippen molar-refractivity contribution in [2.75, 3.05) is 0 Å². The maximum atomic E-state index is 10.9. The van der Waals surface area contributed by atoms with E-state index in [1.165, 1.54) is 0 Å². The van der Waals surface area contributed by atoms with E-state index < -0.39 is 11.8 Å². The average molecular weight is 218 g/mol. The van der Waals surface area contributed by atoms with Crippen molar-refractivity contribution < 1.29 is 9.59 Å². The van der Waals surface area contributed by atoms with Gasteiger partial charge in [0.05, 0.1) is 17.5 Å². The van der Waals surface area contributed by atoms with Crippen LogP contribution in [0.5, 0.6) is 0 Å². The Kier molecular flexibility index (Phi) is 2.32. The van der Waals surface area contributed by atoms with Gasteiger partial charge in [-0.2, -0.15) is 0 Å². The highest BCUT2D eigenvalue weighted by Crippen LogP contribution is 2.16. The number of primary amides is 2. The number of fused-ring (bicyclic) bond motifs is 1. The van der Waals surface area contributed by atoms with Gasteiger partial charge in [-0.1, -0.05) is 12.1 Å². The van der Waals surface area contributed by atoms with E-state index in [1.807, 2.05) is 0 Å². The van der Waals surface area contributed by atoms with Crippen LogP contribution in [0.2, 0.25) is 0 Å². The maximum absolute atomic E-state index is 10.9. The van der Waals surface area contributed by atoms with Crippen molar-refractivity contribution in [3.05, 3.63) is 29.6 Å². The quantitative estimate of drug-likeness (QED) is 0.656. The molecule has 0 aliphatic carbocycles. The largest absolute Gasteiger partial charge is 0.369 e. The highest BCUT2D eigenvalue weighted by Gasteiger charge is 2.11. The smallest absolute Gasteiger partial charge is 0.284 e. The highest BCUT2D eigenvalue weighted by atomic mass is 16.1. The van der Waals surface area contributed by atoms with Gasteiger partial charge in [-0.15, -0.1) is 0 Å². The Morgan fingerprint density at radius 2 is 2.06 bits per heavy atom. The lowest BCUT2D eigenvalue weighted by Crippen LogP contribution is -2.14. The molecule has 6 nitrogen and oxygen atoms in total. The Bertz CT molecular complexity index is 573. The number of rotatable bonds is 3. The van der Waals surface area contributed by atoms with Crippen LogP contribution in [-0.4, -0.2) is 21.8 Å². The first-order valence-corrected chi connectivity index (χ1v) is 4.63. The van der Waals surface area contributed by atoms with E-state index in [4.69, 9.17) is 11.5 Å². The third-order valence-corrected chi connectivity index (χ3v) is 2.19. The lowest BCUT2D eigenvalue weighted by Gasteiger charge is -1.97. The number of nitrogens with one attached hydrogen (secondary N) is 1. The molecule has 0 aliphatic heterocycles. The molecule has 0 fully saturated rings. The van der Waals surface area contributed by atoms with Crippen molar-refractivity contribution >= 4 is 22.8 Å². The van der Waals surface area contributed by atoms with Crippen molar-refractivity contribution in [3.63, 3.8) is 0 Å². The minimum Gasteiger partial charge on any atom is -0.369 e. The van der Waals surface area contributed by atoms with E-state index in [0.29, 0.717) is 16.6 Å². The lowest BCUT2D eigenvalue weighted by molar-refractivity contribution is -0.117. The molecule has 0 aliphatic rings. The van der Waals surface area contributed by atoms with Crippen molar-refractivity contribution in [3.8, 4) is 0 Å². The molecule has 82 valence electrons. The predicted octanol–water partition coefficient (Wildman–Crippen LogP) is -0.310. The molecule has 5 N–H and O–H groups in total. The molecule has 1 aromatic carbocycles. The van der Waals surface area contributed by atoms with Gasteiger partial charge in [0.25, 0.3) is 5.91 Å². The summed E-state index contributed by atoms with van der Waals surface area (Å²) < 4.78 is 0. The van der Waals surface area contributed by atoms with Gasteiger partial charge in [-0.25, -0.2) is 4.98 Å². The van der Waals surface area contributed by atoms with Crippen LogP contribution in [0.3, 0.4) is 0 Å². The molecule has 1 heterocycles. The Hall–Kier alpha value is -2.37. The van der Waals surface area contributed by atoms with Gasteiger partial charge in [0.15, 0.2) is 5.82 Å². The summed E-state index contributed by atoms with van der Waals surface area (Å²) in [4.78, 5) is 28.6. The third kappa shape index (κ3) is 1.72. The van der Waals surface area contributed by atoms with E-state index in [1.54, 1.807) is 18.2 Å². The van der Waals surface area contributed by atoms with E-state index in [9.17, 15) is 9.59 Å². The van der Waals surface area contributed by atoms with Gasteiger partial charge in [-0.3, -0.25) is 9.59 Å². The van der Waals surface area contributed by atoms with Gasteiger partial charge >= 0.3 is 0 Å². The molecule has 16 heavy (non-hydrogen) atoms. The first kappa shape index (κ1) is 10.2. The van der Waals surface area contributed by atoms with Crippen LogP contribution in [0.4, 0.5) is 0 Å². The fraction of sp³-hybridized carbons (Fsp3) is 0.100. The molecule has 0 unspecified atom stereocenters. The molecule has 0 atom stereocenters. The molecular formula is C10H10N4O2. The second-order valence-electron chi connectivity index (χ2n) is 3.41. The van der Waals surface area contributed by atoms with E-state index in [2.05, 4.69) is 9.97 Å². The number of imidazole rings is 1. The fourth-order valence-electron chi connectivity index (χ4n) is 1.54. The number of nitrogens with two attached hydrogens (primary N) is 2. The Morgan fingerprint density at radius 1 is 1.31 bits per heavy atom. The number of amides is 2. The number of hydrogen-bond donors (Lipinski definition) is 3. The van der Waals surface area contributed by atoms with Gasteiger partial charge in [0.1, 0.15) is 0 Å². The summed E-state index contributed by atoms with van der Waals surface area (Å²) in [6.45, 7) is 0. The van der Waals surface area contributed by atoms with Gasteiger partial charge in [0, 0.05) is 0 Å². The molecule has 0 radical (unpaired) electrons. The number of para-hydroxylation sites is 1. The van der Waals surface area contributed by atoms with Crippen LogP contribution >= 0.6 is 0 Å². The Morgan fingerprint density at radius 3 is 2.69 bits per heavy atom.